The average molecular weight is 456 g/mol. The molecule has 0 fully saturated rings. The van der Waals surface area contributed by atoms with E-state index in [0.717, 1.165) is 5.56 Å². The zero-order chi connectivity index (χ0) is 24.1. The first-order chi connectivity index (χ1) is 16.4. The van der Waals surface area contributed by atoms with Crippen LogP contribution in [0.25, 0.3) is 28.7 Å². The van der Waals surface area contributed by atoms with Crippen LogP contribution in [-0.2, 0) is 4.79 Å². The number of carboxylic acids is 2. The smallest absolute Gasteiger partial charge is 0.335 e. The molecule has 0 amide bonds. The van der Waals surface area contributed by atoms with E-state index in [1.807, 2.05) is 0 Å². The molecule has 2 N–H and O–H groups in total. The van der Waals surface area contributed by atoms with Gasteiger partial charge in [-0.05, 0) is 60.2 Å². The third-order valence-electron chi connectivity index (χ3n) is 5.06. The molecule has 0 unspecified atom stereocenters. The summed E-state index contributed by atoms with van der Waals surface area (Å²) in [6.45, 7) is 0.0818. The highest BCUT2D eigenvalue weighted by molar-refractivity contribution is 5.88. The molecule has 0 aliphatic carbocycles. The third kappa shape index (κ3) is 5.02. The van der Waals surface area contributed by atoms with E-state index >= 15 is 0 Å². The summed E-state index contributed by atoms with van der Waals surface area (Å²) < 4.78 is 6.84. The summed E-state index contributed by atoms with van der Waals surface area (Å²) in [5.74, 6) is -1.04. The maximum Gasteiger partial charge on any atom is 0.335 e. The van der Waals surface area contributed by atoms with Gasteiger partial charge in [0.25, 0.3) is 5.56 Å². The molecule has 8 heteroatoms. The van der Waals surface area contributed by atoms with Crippen molar-refractivity contribution in [1.29, 1.82) is 0 Å². The second-order valence-electron chi connectivity index (χ2n) is 7.37. The fourth-order valence-electron chi connectivity index (χ4n) is 3.37. The Bertz CT molecular complexity index is 1440. The maximum absolute atomic E-state index is 13.3. The Kier molecular flexibility index (Phi) is 6.49. The molecule has 4 rings (SSSR count). The standard InChI is InChI=1S/C26H20N2O6/c29-24(30)15-16-34-20-12-5-17(6-13-20)7-14-23-27-22-4-2-1-3-21(22)25(31)28(23)19-10-8-18(9-11-19)26(32)33/h1-14H,15-16H2,(H,29,30)(H,32,33)/b14-7+. The Labute approximate surface area is 194 Å². The van der Waals surface area contributed by atoms with Gasteiger partial charge < -0.3 is 14.9 Å². The van der Waals surface area contributed by atoms with Crippen molar-refractivity contribution in [2.24, 2.45) is 0 Å². The molecule has 0 radical (unpaired) electrons. The monoisotopic (exact) mass is 456 g/mol. The lowest BCUT2D eigenvalue weighted by molar-refractivity contribution is -0.137. The summed E-state index contributed by atoms with van der Waals surface area (Å²) in [7, 11) is 0. The lowest BCUT2D eigenvalue weighted by Crippen LogP contribution is -2.22. The molecule has 0 saturated heterocycles. The summed E-state index contributed by atoms with van der Waals surface area (Å²) in [5.41, 5.74) is 1.72. The van der Waals surface area contributed by atoms with Crippen LogP contribution in [0.15, 0.2) is 77.6 Å². The first-order valence-corrected chi connectivity index (χ1v) is 10.4. The van der Waals surface area contributed by atoms with Crippen molar-refractivity contribution in [3.05, 3.63) is 100 Å². The SMILES string of the molecule is O=C(O)CCOc1ccc(/C=C/c2nc3ccccc3c(=O)n2-c2ccc(C(=O)O)cc2)cc1. The average Bonchev–Trinajstić information content (AvgIpc) is 2.83. The van der Waals surface area contributed by atoms with Crippen molar-refractivity contribution < 1.29 is 24.5 Å². The van der Waals surface area contributed by atoms with Crippen molar-refractivity contribution in [3.63, 3.8) is 0 Å². The Hall–Kier alpha value is -4.72. The second-order valence-corrected chi connectivity index (χ2v) is 7.37. The molecular weight excluding hydrogens is 436 g/mol. The minimum Gasteiger partial charge on any atom is -0.493 e. The topological polar surface area (TPSA) is 119 Å². The summed E-state index contributed by atoms with van der Waals surface area (Å²) >= 11 is 0. The van der Waals surface area contributed by atoms with E-state index in [1.165, 1.54) is 16.7 Å². The number of carboxylic acid groups (broad SMARTS) is 2. The van der Waals surface area contributed by atoms with Crippen LogP contribution in [0, 0.1) is 0 Å². The van der Waals surface area contributed by atoms with Gasteiger partial charge in [0.05, 0.1) is 35.2 Å². The molecule has 0 saturated carbocycles. The Morgan fingerprint density at radius 2 is 1.62 bits per heavy atom. The molecule has 4 aromatic rings. The van der Waals surface area contributed by atoms with Crippen LogP contribution < -0.4 is 10.3 Å². The van der Waals surface area contributed by atoms with E-state index in [9.17, 15) is 19.5 Å². The highest BCUT2D eigenvalue weighted by Gasteiger charge is 2.12. The molecular formula is C26H20N2O6. The fourth-order valence-corrected chi connectivity index (χ4v) is 3.37. The maximum atomic E-state index is 13.3. The molecule has 1 heterocycles. The minimum absolute atomic E-state index is 0.0818. The van der Waals surface area contributed by atoms with Crippen LogP contribution in [0.4, 0.5) is 0 Å². The number of benzene rings is 3. The number of nitrogens with zero attached hydrogens (tertiary/aromatic N) is 2. The second kappa shape index (κ2) is 9.83. The lowest BCUT2D eigenvalue weighted by atomic mass is 10.1. The number of aliphatic carboxylic acids is 1. The van der Waals surface area contributed by atoms with Crippen LogP contribution in [0.5, 0.6) is 5.75 Å². The predicted octanol–water partition coefficient (Wildman–Crippen LogP) is 4.11. The number of hydrogen-bond donors (Lipinski definition) is 2. The number of fused-ring (bicyclic) bond motifs is 1. The van der Waals surface area contributed by atoms with Crippen LogP contribution in [-0.4, -0.2) is 38.3 Å². The lowest BCUT2D eigenvalue weighted by Gasteiger charge is -2.12. The zero-order valence-electron chi connectivity index (χ0n) is 17.9. The van der Waals surface area contributed by atoms with E-state index in [-0.39, 0.29) is 24.2 Å². The van der Waals surface area contributed by atoms with Crippen molar-refractivity contribution >= 4 is 35.0 Å². The molecule has 1 aromatic heterocycles. The highest BCUT2D eigenvalue weighted by atomic mass is 16.5. The molecule has 3 aromatic carbocycles. The van der Waals surface area contributed by atoms with Crippen LogP contribution >= 0.6 is 0 Å². The van der Waals surface area contributed by atoms with Gasteiger partial charge in [0.2, 0.25) is 0 Å². The normalized spacial score (nSPS) is 11.1. The van der Waals surface area contributed by atoms with Crippen molar-refractivity contribution in [1.82, 2.24) is 9.55 Å². The van der Waals surface area contributed by atoms with E-state index < -0.39 is 11.9 Å². The Balaban J connectivity index is 1.69. The third-order valence-corrected chi connectivity index (χ3v) is 5.06. The minimum atomic E-state index is -1.05. The predicted molar refractivity (Wildman–Crippen MR) is 127 cm³/mol. The van der Waals surface area contributed by atoms with Gasteiger partial charge in [0.15, 0.2) is 0 Å². The molecule has 34 heavy (non-hydrogen) atoms. The first kappa shape index (κ1) is 22.5. The summed E-state index contributed by atoms with van der Waals surface area (Å²) in [6, 6.07) is 20.1. The van der Waals surface area contributed by atoms with Gasteiger partial charge in [-0.25, -0.2) is 9.78 Å². The molecule has 0 aliphatic rings. The van der Waals surface area contributed by atoms with Gasteiger partial charge in [-0.15, -0.1) is 0 Å². The Morgan fingerprint density at radius 1 is 0.912 bits per heavy atom. The number of carbonyl (C=O) groups is 2. The molecule has 170 valence electrons. The number of ether oxygens (including phenoxy) is 1. The molecule has 0 atom stereocenters. The first-order valence-electron chi connectivity index (χ1n) is 10.4. The summed E-state index contributed by atoms with van der Waals surface area (Å²) in [4.78, 5) is 39.7. The molecule has 0 bridgehead atoms. The molecule has 0 aliphatic heterocycles. The fraction of sp³-hybridized carbons (Fsp3) is 0.0769. The molecule has 8 nitrogen and oxygen atoms in total. The van der Waals surface area contributed by atoms with Gasteiger partial charge in [-0.1, -0.05) is 30.3 Å². The van der Waals surface area contributed by atoms with Crippen molar-refractivity contribution in [3.8, 4) is 11.4 Å². The number of hydrogen-bond acceptors (Lipinski definition) is 5. The van der Waals surface area contributed by atoms with E-state index in [4.69, 9.17) is 9.84 Å². The highest BCUT2D eigenvalue weighted by Crippen LogP contribution is 2.18. The van der Waals surface area contributed by atoms with E-state index in [2.05, 4.69) is 4.98 Å². The number of rotatable bonds is 8. The summed E-state index contributed by atoms with van der Waals surface area (Å²) in [5, 5.41) is 18.3. The molecule has 0 spiro atoms. The van der Waals surface area contributed by atoms with Crippen LogP contribution in [0.2, 0.25) is 0 Å². The van der Waals surface area contributed by atoms with Gasteiger partial charge in [-0.3, -0.25) is 14.2 Å². The van der Waals surface area contributed by atoms with Crippen LogP contribution in [0.1, 0.15) is 28.2 Å². The number of para-hydroxylation sites is 1. The van der Waals surface area contributed by atoms with E-state index in [1.54, 1.807) is 72.8 Å². The van der Waals surface area contributed by atoms with Gasteiger partial charge in [0, 0.05) is 0 Å². The zero-order valence-corrected chi connectivity index (χ0v) is 17.9. The quantitative estimate of drug-likeness (QED) is 0.410. The van der Waals surface area contributed by atoms with E-state index in [0.29, 0.717) is 28.2 Å². The summed E-state index contributed by atoms with van der Waals surface area (Å²) in [6.07, 6.45) is 3.42. The van der Waals surface area contributed by atoms with Crippen LogP contribution in [0.3, 0.4) is 0 Å². The number of aromatic carboxylic acids is 1. The number of aromatic nitrogens is 2. The van der Waals surface area contributed by atoms with Gasteiger partial charge in [-0.2, -0.15) is 0 Å². The largest absolute Gasteiger partial charge is 0.493 e. The van der Waals surface area contributed by atoms with Gasteiger partial charge >= 0.3 is 11.9 Å². The van der Waals surface area contributed by atoms with Gasteiger partial charge in [0.1, 0.15) is 11.6 Å². The van der Waals surface area contributed by atoms with Crippen molar-refractivity contribution in [2.45, 2.75) is 6.42 Å². The van der Waals surface area contributed by atoms with Crippen molar-refractivity contribution in [2.75, 3.05) is 6.61 Å². The Morgan fingerprint density at radius 3 is 2.29 bits per heavy atom.